The molecule has 0 spiro atoms. The number of hydrogen-bond acceptors (Lipinski definition) is 4. The zero-order valence-electron chi connectivity index (χ0n) is 9.31. The Labute approximate surface area is 107 Å². The van der Waals surface area contributed by atoms with E-state index in [1.54, 1.807) is 0 Å². The van der Waals surface area contributed by atoms with E-state index in [4.69, 9.17) is 5.21 Å². The summed E-state index contributed by atoms with van der Waals surface area (Å²) in [5, 5.41) is 12.4. The van der Waals surface area contributed by atoms with Gasteiger partial charge >= 0.3 is 5.97 Å². The van der Waals surface area contributed by atoms with Gasteiger partial charge < -0.3 is 9.94 Å². The van der Waals surface area contributed by atoms with Crippen LogP contribution >= 0.6 is 15.9 Å². The number of oxime groups is 1. The van der Waals surface area contributed by atoms with Crippen LogP contribution in [0.1, 0.15) is 17.5 Å². The normalized spacial score (nSPS) is 20.4. The number of benzene rings is 1. The maximum Gasteiger partial charge on any atom is 0.306 e. The lowest BCUT2D eigenvalue weighted by Gasteiger charge is -2.07. The maximum atomic E-state index is 11.3. The van der Waals surface area contributed by atoms with Crippen LogP contribution < -0.4 is 0 Å². The summed E-state index contributed by atoms with van der Waals surface area (Å²) >= 11 is 3.38. The van der Waals surface area contributed by atoms with Gasteiger partial charge in [0.15, 0.2) is 0 Å². The van der Waals surface area contributed by atoms with Crippen LogP contribution in [0.2, 0.25) is 0 Å². The van der Waals surface area contributed by atoms with Crippen LogP contribution in [0.4, 0.5) is 0 Å². The van der Waals surface area contributed by atoms with Gasteiger partial charge in [-0.1, -0.05) is 27.2 Å². The highest BCUT2D eigenvalue weighted by atomic mass is 79.9. The highest BCUT2D eigenvalue weighted by molar-refractivity contribution is 9.10. The van der Waals surface area contributed by atoms with Crippen molar-refractivity contribution in [3.8, 4) is 0 Å². The first-order valence-electron chi connectivity index (χ1n) is 5.23. The van der Waals surface area contributed by atoms with Gasteiger partial charge in [0.05, 0.1) is 19.2 Å². The summed E-state index contributed by atoms with van der Waals surface area (Å²) in [6.45, 7) is 0. The number of carbonyl (C=O) groups is 1. The molecule has 1 aliphatic rings. The number of rotatable bonds is 2. The van der Waals surface area contributed by atoms with Gasteiger partial charge in [0, 0.05) is 16.0 Å². The summed E-state index contributed by atoms with van der Waals surface area (Å²) in [5.41, 5.74) is 2.55. The number of esters is 1. The summed E-state index contributed by atoms with van der Waals surface area (Å²) in [6, 6.07) is 5.82. The predicted octanol–water partition coefficient (Wildman–Crippen LogP) is 2.36. The number of hydrogen-bond donors (Lipinski definition) is 1. The fourth-order valence-corrected chi connectivity index (χ4v) is 2.50. The van der Waals surface area contributed by atoms with Crippen molar-refractivity contribution < 1.29 is 14.7 Å². The van der Waals surface area contributed by atoms with Gasteiger partial charge in [-0.2, -0.15) is 0 Å². The van der Waals surface area contributed by atoms with E-state index < -0.39 is 0 Å². The average Bonchev–Trinajstić information content (AvgIpc) is 2.65. The van der Waals surface area contributed by atoms with E-state index in [1.165, 1.54) is 7.11 Å². The molecular weight excluding hydrogens is 286 g/mol. The van der Waals surface area contributed by atoms with Crippen LogP contribution in [0.25, 0.3) is 0 Å². The molecule has 0 heterocycles. The summed E-state index contributed by atoms with van der Waals surface area (Å²) in [6.07, 6.45) is 0.944. The molecule has 0 fully saturated rings. The summed E-state index contributed by atoms with van der Waals surface area (Å²) in [5.74, 6) is -0.389. The molecule has 0 saturated heterocycles. The smallest absolute Gasteiger partial charge is 0.306 e. The van der Waals surface area contributed by atoms with Crippen LogP contribution in [0, 0.1) is 5.92 Å². The van der Waals surface area contributed by atoms with E-state index in [9.17, 15) is 4.79 Å². The number of nitrogens with zero attached hydrogens (tertiary/aromatic N) is 1. The minimum absolute atomic E-state index is 0.100. The molecule has 0 amide bonds. The molecule has 0 saturated carbocycles. The SMILES string of the molecule is COC(=O)CC1Cc2ccc(Br)cc2/C1=N\O. The summed E-state index contributed by atoms with van der Waals surface area (Å²) in [4.78, 5) is 11.3. The van der Waals surface area contributed by atoms with Crippen molar-refractivity contribution in [2.45, 2.75) is 12.8 Å². The lowest BCUT2D eigenvalue weighted by Crippen LogP contribution is -2.16. The number of ether oxygens (including phenoxy) is 1. The lowest BCUT2D eigenvalue weighted by molar-refractivity contribution is -0.141. The van der Waals surface area contributed by atoms with Crippen LogP contribution in [0.5, 0.6) is 0 Å². The van der Waals surface area contributed by atoms with Gasteiger partial charge in [-0.25, -0.2) is 0 Å². The number of fused-ring (bicyclic) bond motifs is 1. The number of halogens is 1. The molecule has 1 aromatic carbocycles. The third-order valence-electron chi connectivity index (χ3n) is 2.95. The molecule has 1 aromatic rings. The lowest BCUT2D eigenvalue weighted by atomic mass is 10.0. The molecule has 1 unspecified atom stereocenters. The van der Waals surface area contributed by atoms with Crippen molar-refractivity contribution in [2.75, 3.05) is 7.11 Å². The number of carbonyl (C=O) groups excluding carboxylic acids is 1. The van der Waals surface area contributed by atoms with Crippen molar-refractivity contribution in [3.63, 3.8) is 0 Å². The second-order valence-electron chi connectivity index (χ2n) is 3.97. The largest absolute Gasteiger partial charge is 0.469 e. The van der Waals surface area contributed by atoms with Crippen LogP contribution in [0.15, 0.2) is 27.8 Å². The molecule has 0 radical (unpaired) electrons. The molecular formula is C12H12BrNO3. The topological polar surface area (TPSA) is 58.9 Å². The molecule has 0 aromatic heterocycles. The molecule has 5 heteroatoms. The first-order valence-corrected chi connectivity index (χ1v) is 6.02. The number of methoxy groups -OCH3 is 1. The highest BCUT2D eigenvalue weighted by Gasteiger charge is 2.31. The molecule has 17 heavy (non-hydrogen) atoms. The van der Waals surface area contributed by atoms with E-state index >= 15 is 0 Å². The zero-order chi connectivity index (χ0) is 12.4. The van der Waals surface area contributed by atoms with Gasteiger partial charge in [-0.05, 0) is 24.1 Å². The molecule has 0 bridgehead atoms. The van der Waals surface area contributed by atoms with E-state index in [0.29, 0.717) is 12.1 Å². The zero-order valence-corrected chi connectivity index (χ0v) is 10.9. The predicted molar refractivity (Wildman–Crippen MR) is 66.3 cm³/mol. The summed E-state index contributed by atoms with van der Waals surface area (Å²) < 4.78 is 5.57. The quantitative estimate of drug-likeness (QED) is 0.518. The molecule has 4 nitrogen and oxygen atoms in total. The van der Waals surface area contributed by atoms with Gasteiger partial charge in [-0.3, -0.25) is 4.79 Å². The Morgan fingerprint density at radius 3 is 3.06 bits per heavy atom. The molecule has 2 rings (SSSR count). The fraction of sp³-hybridized carbons (Fsp3) is 0.333. The third-order valence-corrected chi connectivity index (χ3v) is 3.44. The minimum Gasteiger partial charge on any atom is -0.469 e. The standard InChI is InChI=1S/C12H12BrNO3/c1-17-11(15)5-8-4-7-2-3-9(13)6-10(7)12(8)14-16/h2-3,6,8,16H,4-5H2,1H3/b14-12-. The Morgan fingerprint density at radius 1 is 1.65 bits per heavy atom. The van der Waals surface area contributed by atoms with Gasteiger partial charge in [0.1, 0.15) is 0 Å². The molecule has 1 N–H and O–H groups in total. The first kappa shape index (κ1) is 12.1. The average molecular weight is 298 g/mol. The van der Waals surface area contributed by atoms with Crippen molar-refractivity contribution in [2.24, 2.45) is 11.1 Å². The second kappa shape index (κ2) is 4.87. The second-order valence-corrected chi connectivity index (χ2v) is 4.88. The van der Waals surface area contributed by atoms with E-state index in [0.717, 1.165) is 15.6 Å². The summed E-state index contributed by atoms with van der Waals surface area (Å²) in [7, 11) is 1.36. The van der Waals surface area contributed by atoms with Crippen LogP contribution in [-0.4, -0.2) is 24.0 Å². The Bertz CT molecular complexity index is 485. The van der Waals surface area contributed by atoms with Crippen molar-refractivity contribution >= 4 is 27.6 Å². The monoisotopic (exact) mass is 297 g/mol. The fourth-order valence-electron chi connectivity index (χ4n) is 2.14. The Hall–Kier alpha value is -1.36. The Balaban J connectivity index is 2.29. The molecule has 1 aliphatic carbocycles. The highest BCUT2D eigenvalue weighted by Crippen LogP contribution is 2.31. The molecule has 0 aliphatic heterocycles. The first-order chi connectivity index (χ1) is 8.15. The van der Waals surface area contributed by atoms with Crippen LogP contribution in [0.3, 0.4) is 0 Å². The van der Waals surface area contributed by atoms with Gasteiger partial charge in [-0.15, -0.1) is 0 Å². The van der Waals surface area contributed by atoms with E-state index in [2.05, 4.69) is 25.8 Å². The Kier molecular flexibility index (Phi) is 3.47. The molecule has 1 atom stereocenters. The van der Waals surface area contributed by atoms with E-state index in [-0.39, 0.29) is 18.3 Å². The van der Waals surface area contributed by atoms with Crippen molar-refractivity contribution in [1.29, 1.82) is 0 Å². The van der Waals surface area contributed by atoms with Gasteiger partial charge in [0.2, 0.25) is 0 Å². The Morgan fingerprint density at radius 2 is 2.41 bits per heavy atom. The minimum atomic E-state index is -0.289. The van der Waals surface area contributed by atoms with Crippen molar-refractivity contribution in [1.82, 2.24) is 0 Å². The van der Waals surface area contributed by atoms with Crippen molar-refractivity contribution in [3.05, 3.63) is 33.8 Å². The van der Waals surface area contributed by atoms with E-state index in [1.807, 2.05) is 18.2 Å². The van der Waals surface area contributed by atoms with Crippen LogP contribution in [-0.2, 0) is 16.0 Å². The third kappa shape index (κ3) is 2.34. The maximum absolute atomic E-state index is 11.3. The van der Waals surface area contributed by atoms with Gasteiger partial charge in [0.25, 0.3) is 0 Å². The molecule has 90 valence electrons.